The molecular weight excluding hydrogens is 269 g/mol. The molecule has 7 heteroatoms. The molecule has 3 N–H and O–H groups in total. The van der Waals surface area contributed by atoms with Crippen molar-refractivity contribution in [2.24, 2.45) is 5.92 Å². The Hall–Kier alpha value is -1.18. The molecule has 0 saturated carbocycles. The summed E-state index contributed by atoms with van der Waals surface area (Å²) < 4.78 is 39.7. The molecule has 0 amide bonds. The third-order valence-electron chi connectivity index (χ3n) is 3.25. The van der Waals surface area contributed by atoms with Gasteiger partial charge in [-0.2, -0.15) is 0 Å². The smallest absolute Gasteiger partial charge is 0.240 e. The summed E-state index contributed by atoms with van der Waals surface area (Å²) in [6.07, 6.45) is 0.963. The molecule has 0 aliphatic carbocycles. The first-order chi connectivity index (χ1) is 8.87. The van der Waals surface area contributed by atoms with Crippen LogP contribution in [0.3, 0.4) is 0 Å². The number of halogens is 1. The van der Waals surface area contributed by atoms with E-state index in [1.54, 1.807) is 0 Å². The van der Waals surface area contributed by atoms with Crippen molar-refractivity contribution in [3.63, 3.8) is 0 Å². The van der Waals surface area contributed by atoms with Gasteiger partial charge in [0.15, 0.2) is 0 Å². The second kappa shape index (κ2) is 5.44. The lowest BCUT2D eigenvalue weighted by molar-refractivity contribution is 0.394. The van der Waals surface area contributed by atoms with Gasteiger partial charge in [0, 0.05) is 18.8 Å². The van der Waals surface area contributed by atoms with E-state index in [-0.39, 0.29) is 10.6 Å². The third kappa shape index (κ3) is 3.65. The zero-order valence-electron chi connectivity index (χ0n) is 10.8. The van der Waals surface area contributed by atoms with E-state index in [1.165, 1.54) is 6.07 Å². The van der Waals surface area contributed by atoms with Gasteiger partial charge in [0.2, 0.25) is 10.0 Å². The van der Waals surface area contributed by atoms with Crippen LogP contribution >= 0.6 is 0 Å². The van der Waals surface area contributed by atoms with Gasteiger partial charge in [0.05, 0.1) is 4.90 Å². The Kier molecular flexibility index (Phi) is 4.07. The van der Waals surface area contributed by atoms with Crippen molar-refractivity contribution in [3.8, 4) is 0 Å². The van der Waals surface area contributed by atoms with Gasteiger partial charge in [-0.05, 0) is 44.1 Å². The molecule has 2 rings (SSSR count). The number of nitrogens with zero attached hydrogens (tertiary/aromatic N) is 1. The number of nitrogens with two attached hydrogens (primary N) is 1. The van der Waals surface area contributed by atoms with Crippen molar-refractivity contribution in [2.75, 3.05) is 32.4 Å². The maximum atomic E-state index is 13.2. The molecule has 1 heterocycles. The summed E-state index contributed by atoms with van der Waals surface area (Å²) in [7, 11) is -1.70. The number of rotatable bonds is 4. The number of hydrogen-bond acceptors (Lipinski definition) is 4. The van der Waals surface area contributed by atoms with Crippen LogP contribution < -0.4 is 10.5 Å². The van der Waals surface area contributed by atoms with Gasteiger partial charge in [-0.25, -0.2) is 17.5 Å². The van der Waals surface area contributed by atoms with Gasteiger partial charge >= 0.3 is 0 Å². The number of anilines is 1. The van der Waals surface area contributed by atoms with Crippen molar-refractivity contribution in [2.45, 2.75) is 11.3 Å². The number of likely N-dealkylation sites (tertiary alicyclic amines) is 1. The molecule has 1 unspecified atom stereocenters. The number of nitrogens with one attached hydrogen (secondary N) is 1. The lowest BCUT2D eigenvalue weighted by atomic mass is 10.1. The Morgan fingerprint density at radius 2 is 2.21 bits per heavy atom. The van der Waals surface area contributed by atoms with Crippen LogP contribution in [0.4, 0.5) is 10.1 Å². The normalized spacial score (nSPS) is 20.8. The highest BCUT2D eigenvalue weighted by Crippen LogP contribution is 2.17. The Balaban J connectivity index is 2.05. The van der Waals surface area contributed by atoms with Gasteiger partial charge in [-0.15, -0.1) is 0 Å². The number of hydrogen-bond donors (Lipinski definition) is 2. The first-order valence-electron chi connectivity index (χ1n) is 6.11. The number of benzene rings is 1. The standard InChI is InChI=1S/C12H18FN3O2S/c1-16-3-2-9(8-16)7-15-19(17,18)12-5-10(13)4-11(14)6-12/h4-6,9,15H,2-3,7-8,14H2,1H3. The highest BCUT2D eigenvalue weighted by molar-refractivity contribution is 7.89. The molecule has 1 saturated heterocycles. The first-order valence-corrected chi connectivity index (χ1v) is 7.59. The molecule has 1 aromatic carbocycles. The molecule has 1 atom stereocenters. The second-order valence-electron chi connectivity index (χ2n) is 4.99. The van der Waals surface area contributed by atoms with Crippen LogP contribution in [0.25, 0.3) is 0 Å². The van der Waals surface area contributed by atoms with Crippen LogP contribution in [0.15, 0.2) is 23.1 Å². The van der Waals surface area contributed by atoms with E-state index in [9.17, 15) is 12.8 Å². The largest absolute Gasteiger partial charge is 0.399 e. The molecule has 106 valence electrons. The fourth-order valence-electron chi connectivity index (χ4n) is 2.24. The molecule has 1 aliphatic rings. The van der Waals surface area contributed by atoms with Crippen LogP contribution in [0, 0.1) is 11.7 Å². The van der Waals surface area contributed by atoms with Gasteiger partial charge in [-0.1, -0.05) is 0 Å². The first kappa shape index (κ1) is 14.2. The molecular formula is C12H18FN3O2S. The molecule has 1 aliphatic heterocycles. The fourth-order valence-corrected chi connectivity index (χ4v) is 3.42. The Morgan fingerprint density at radius 3 is 2.79 bits per heavy atom. The van der Waals surface area contributed by atoms with Crippen LogP contribution in [-0.4, -0.2) is 40.0 Å². The van der Waals surface area contributed by atoms with Crippen molar-refractivity contribution in [1.29, 1.82) is 0 Å². The molecule has 1 fully saturated rings. The third-order valence-corrected chi connectivity index (χ3v) is 4.66. The van der Waals surface area contributed by atoms with E-state index in [0.29, 0.717) is 12.5 Å². The topological polar surface area (TPSA) is 75.4 Å². The molecule has 1 aromatic rings. The van der Waals surface area contributed by atoms with Gasteiger partial charge < -0.3 is 10.6 Å². The SMILES string of the molecule is CN1CCC(CNS(=O)(=O)c2cc(N)cc(F)c2)C1. The maximum Gasteiger partial charge on any atom is 0.240 e. The van der Waals surface area contributed by atoms with Crippen LogP contribution in [0.1, 0.15) is 6.42 Å². The minimum atomic E-state index is -3.70. The lowest BCUT2D eigenvalue weighted by Gasteiger charge is -2.12. The summed E-state index contributed by atoms with van der Waals surface area (Å²) in [6, 6.07) is 3.32. The highest BCUT2D eigenvalue weighted by Gasteiger charge is 2.22. The van der Waals surface area contributed by atoms with E-state index < -0.39 is 15.8 Å². The van der Waals surface area contributed by atoms with E-state index in [4.69, 9.17) is 5.73 Å². The monoisotopic (exact) mass is 287 g/mol. The average Bonchev–Trinajstić information content (AvgIpc) is 2.71. The summed E-state index contributed by atoms with van der Waals surface area (Å²) in [5.41, 5.74) is 5.55. The summed E-state index contributed by atoms with van der Waals surface area (Å²) in [6.45, 7) is 2.20. The Morgan fingerprint density at radius 1 is 1.47 bits per heavy atom. The van der Waals surface area contributed by atoms with Gasteiger partial charge in [0.1, 0.15) is 5.82 Å². The predicted octanol–water partition coefficient (Wildman–Crippen LogP) is 0.638. The molecule has 5 nitrogen and oxygen atoms in total. The molecule has 0 radical (unpaired) electrons. The van der Waals surface area contributed by atoms with Gasteiger partial charge in [0.25, 0.3) is 0 Å². The van der Waals surface area contributed by atoms with Crippen molar-refractivity contribution in [1.82, 2.24) is 9.62 Å². The van der Waals surface area contributed by atoms with E-state index in [1.807, 2.05) is 7.05 Å². The zero-order chi connectivity index (χ0) is 14.0. The van der Waals surface area contributed by atoms with Crippen molar-refractivity contribution >= 4 is 15.7 Å². The lowest BCUT2D eigenvalue weighted by Crippen LogP contribution is -2.30. The van der Waals surface area contributed by atoms with E-state index in [0.717, 1.165) is 31.6 Å². The summed E-state index contributed by atoms with van der Waals surface area (Å²) >= 11 is 0. The average molecular weight is 287 g/mol. The summed E-state index contributed by atoms with van der Waals surface area (Å²) in [4.78, 5) is 2.02. The highest BCUT2D eigenvalue weighted by atomic mass is 32.2. The molecule has 0 aromatic heterocycles. The predicted molar refractivity (Wildman–Crippen MR) is 71.6 cm³/mol. The quantitative estimate of drug-likeness (QED) is 0.797. The minimum absolute atomic E-state index is 0.0981. The minimum Gasteiger partial charge on any atom is -0.399 e. The fraction of sp³-hybridized carbons (Fsp3) is 0.500. The number of sulfonamides is 1. The van der Waals surface area contributed by atoms with Crippen molar-refractivity contribution in [3.05, 3.63) is 24.0 Å². The molecule has 0 spiro atoms. The summed E-state index contributed by atoms with van der Waals surface area (Å²) in [5.74, 6) is -0.355. The Labute approximate surface area is 112 Å². The molecule has 0 bridgehead atoms. The van der Waals surface area contributed by atoms with Crippen LogP contribution in [0.2, 0.25) is 0 Å². The second-order valence-corrected chi connectivity index (χ2v) is 6.76. The zero-order valence-corrected chi connectivity index (χ0v) is 11.6. The van der Waals surface area contributed by atoms with E-state index >= 15 is 0 Å². The summed E-state index contributed by atoms with van der Waals surface area (Å²) in [5, 5.41) is 0. The molecule has 19 heavy (non-hydrogen) atoms. The van der Waals surface area contributed by atoms with Crippen molar-refractivity contribution < 1.29 is 12.8 Å². The Bertz CT molecular complexity index is 542. The maximum absolute atomic E-state index is 13.2. The van der Waals surface area contributed by atoms with Crippen LogP contribution in [-0.2, 0) is 10.0 Å². The van der Waals surface area contributed by atoms with Crippen LogP contribution in [0.5, 0.6) is 0 Å². The van der Waals surface area contributed by atoms with E-state index in [2.05, 4.69) is 9.62 Å². The number of nitrogen functional groups attached to an aromatic ring is 1. The van der Waals surface area contributed by atoms with Gasteiger partial charge in [-0.3, -0.25) is 0 Å².